The van der Waals surface area contributed by atoms with Gasteiger partial charge in [-0.05, 0) is 46.3 Å². The van der Waals surface area contributed by atoms with E-state index in [0.29, 0.717) is 10.2 Å². The highest BCUT2D eigenvalue weighted by atomic mass is 79.9. The zero-order valence-electron chi connectivity index (χ0n) is 14.2. The number of benzene rings is 2. The van der Waals surface area contributed by atoms with Crippen LogP contribution in [-0.4, -0.2) is 14.9 Å². The third-order valence-electron chi connectivity index (χ3n) is 3.67. The van der Waals surface area contributed by atoms with Gasteiger partial charge in [0.05, 0.1) is 21.2 Å². The molecule has 7 nitrogen and oxygen atoms in total. The summed E-state index contributed by atoms with van der Waals surface area (Å²) in [6.07, 6.45) is -3.63. The third kappa shape index (κ3) is 4.74. The molecule has 0 saturated heterocycles. The minimum atomic E-state index is -4.68. The molecular formula is C17H10BrClF3N5O2. The monoisotopic (exact) mass is 487 g/mol. The Balaban J connectivity index is 2.01. The van der Waals surface area contributed by atoms with Crippen LogP contribution in [0.2, 0.25) is 5.02 Å². The molecule has 0 atom stereocenters. The number of nitro groups is 1. The molecule has 3 rings (SSSR count). The fraction of sp³-hybridized carbons (Fsp3) is 0.0588. The minimum absolute atomic E-state index is 0.0737. The van der Waals surface area contributed by atoms with Crippen molar-refractivity contribution in [1.29, 1.82) is 0 Å². The molecule has 0 amide bonds. The Morgan fingerprint density at radius 1 is 1.07 bits per heavy atom. The van der Waals surface area contributed by atoms with Gasteiger partial charge in [-0.3, -0.25) is 10.1 Å². The number of rotatable bonds is 5. The highest BCUT2D eigenvalue weighted by Crippen LogP contribution is 2.38. The van der Waals surface area contributed by atoms with Crippen molar-refractivity contribution in [3.05, 3.63) is 74.0 Å². The topological polar surface area (TPSA) is 93.0 Å². The van der Waals surface area contributed by atoms with Gasteiger partial charge in [-0.2, -0.15) is 13.2 Å². The second-order valence-electron chi connectivity index (χ2n) is 5.60. The number of nitrogens with zero attached hydrogens (tertiary/aromatic N) is 3. The van der Waals surface area contributed by atoms with Gasteiger partial charge in [0.2, 0.25) is 11.6 Å². The van der Waals surface area contributed by atoms with Crippen molar-refractivity contribution in [2.24, 2.45) is 0 Å². The minimum Gasteiger partial charge on any atom is -0.334 e. The predicted molar refractivity (Wildman–Crippen MR) is 106 cm³/mol. The van der Waals surface area contributed by atoms with Gasteiger partial charge in [-0.15, -0.1) is 0 Å². The smallest absolute Gasteiger partial charge is 0.334 e. The van der Waals surface area contributed by atoms with Crippen LogP contribution in [0.4, 0.5) is 41.9 Å². The van der Waals surface area contributed by atoms with E-state index < -0.39 is 27.4 Å². The van der Waals surface area contributed by atoms with Gasteiger partial charge in [-0.25, -0.2) is 9.97 Å². The van der Waals surface area contributed by atoms with Gasteiger partial charge < -0.3 is 10.6 Å². The van der Waals surface area contributed by atoms with Crippen molar-refractivity contribution in [3.63, 3.8) is 0 Å². The Morgan fingerprint density at radius 3 is 2.34 bits per heavy atom. The van der Waals surface area contributed by atoms with Gasteiger partial charge in [0, 0.05) is 10.2 Å². The van der Waals surface area contributed by atoms with Crippen molar-refractivity contribution in [1.82, 2.24) is 9.97 Å². The molecule has 1 aromatic heterocycles. The quantitative estimate of drug-likeness (QED) is 0.323. The van der Waals surface area contributed by atoms with Gasteiger partial charge in [-0.1, -0.05) is 23.7 Å². The van der Waals surface area contributed by atoms with E-state index >= 15 is 0 Å². The lowest BCUT2D eigenvalue weighted by atomic mass is 10.2. The van der Waals surface area contributed by atoms with Crippen LogP contribution in [0.1, 0.15) is 5.56 Å². The molecule has 2 aromatic carbocycles. The summed E-state index contributed by atoms with van der Waals surface area (Å²) < 4.78 is 39.8. The number of hydrogen-bond donors (Lipinski definition) is 2. The van der Waals surface area contributed by atoms with Crippen LogP contribution in [0.25, 0.3) is 0 Å². The van der Waals surface area contributed by atoms with E-state index in [1.165, 1.54) is 6.07 Å². The summed E-state index contributed by atoms with van der Waals surface area (Å²) in [4.78, 5) is 18.6. The van der Waals surface area contributed by atoms with Crippen LogP contribution in [-0.2, 0) is 6.18 Å². The van der Waals surface area contributed by atoms with E-state index in [0.717, 1.165) is 18.5 Å². The molecule has 29 heavy (non-hydrogen) atoms. The predicted octanol–water partition coefficient (Wildman–Crippen LogP) is 6.31. The number of halogens is 5. The summed E-state index contributed by atoms with van der Waals surface area (Å²) >= 11 is 8.91. The molecule has 0 spiro atoms. The second kappa shape index (κ2) is 8.21. The maximum Gasteiger partial charge on any atom is 0.417 e. The lowest BCUT2D eigenvalue weighted by Crippen LogP contribution is -2.08. The molecule has 0 aliphatic rings. The summed E-state index contributed by atoms with van der Waals surface area (Å²) in [5.41, 5.74) is -1.18. The fourth-order valence-electron chi connectivity index (χ4n) is 2.38. The van der Waals surface area contributed by atoms with E-state index in [1.807, 2.05) is 0 Å². The summed E-state index contributed by atoms with van der Waals surface area (Å²) in [5, 5.41) is 16.5. The standard InChI is InChI=1S/C17H10BrClF3N5O2/c18-11-3-1-2-4-13(11)26-16-14(27(28)29)15(23-8-24-16)25-9-5-6-12(19)10(7-9)17(20,21)22/h1-8H,(H2,23,24,25,26). The first-order chi connectivity index (χ1) is 13.7. The first-order valence-corrected chi connectivity index (χ1v) is 8.98. The summed E-state index contributed by atoms with van der Waals surface area (Å²) in [7, 11) is 0. The molecule has 0 fully saturated rings. The molecule has 0 unspecified atom stereocenters. The van der Waals surface area contributed by atoms with Crippen LogP contribution in [0.15, 0.2) is 53.3 Å². The number of nitrogens with one attached hydrogen (secondary N) is 2. The molecule has 3 aromatic rings. The van der Waals surface area contributed by atoms with Crippen molar-refractivity contribution in [3.8, 4) is 0 Å². The van der Waals surface area contributed by atoms with Crippen molar-refractivity contribution >= 4 is 56.2 Å². The van der Waals surface area contributed by atoms with Crippen molar-refractivity contribution in [2.45, 2.75) is 6.18 Å². The fourth-order valence-corrected chi connectivity index (χ4v) is 2.99. The Labute approximate surface area is 175 Å². The lowest BCUT2D eigenvalue weighted by Gasteiger charge is -2.13. The Morgan fingerprint density at radius 2 is 1.72 bits per heavy atom. The van der Waals surface area contributed by atoms with Gasteiger partial charge in [0.15, 0.2) is 0 Å². The maximum absolute atomic E-state index is 13.1. The molecule has 12 heteroatoms. The van der Waals surface area contributed by atoms with Crippen molar-refractivity contribution < 1.29 is 18.1 Å². The number of alkyl halides is 3. The first-order valence-electron chi connectivity index (χ1n) is 7.81. The maximum atomic E-state index is 13.1. The molecule has 150 valence electrons. The van der Waals surface area contributed by atoms with E-state index in [1.54, 1.807) is 24.3 Å². The summed E-state index contributed by atoms with van der Waals surface area (Å²) in [5.74, 6) is -0.417. The number of hydrogen-bond acceptors (Lipinski definition) is 6. The second-order valence-corrected chi connectivity index (χ2v) is 6.86. The highest BCUT2D eigenvalue weighted by Gasteiger charge is 2.33. The first kappa shape index (κ1) is 20.8. The van der Waals surface area contributed by atoms with Crippen molar-refractivity contribution in [2.75, 3.05) is 10.6 Å². The summed E-state index contributed by atoms with van der Waals surface area (Å²) in [6, 6.07) is 9.90. The third-order valence-corrected chi connectivity index (χ3v) is 4.69. The van der Waals surface area contributed by atoms with E-state index in [2.05, 4.69) is 36.5 Å². The number of para-hydroxylation sites is 1. The average molecular weight is 489 g/mol. The van der Waals surface area contributed by atoms with Crippen LogP contribution in [0.5, 0.6) is 0 Å². The largest absolute Gasteiger partial charge is 0.417 e. The molecule has 0 aliphatic heterocycles. The van der Waals surface area contributed by atoms with Gasteiger partial charge >= 0.3 is 11.9 Å². The van der Waals surface area contributed by atoms with E-state index in [4.69, 9.17) is 11.6 Å². The highest BCUT2D eigenvalue weighted by molar-refractivity contribution is 9.10. The number of anilines is 4. The summed E-state index contributed by atoms with van der Waals surface area (Å²) in [6.45, 7) is 0. The van der Waals surface area contributed by atoms with Gasteiger partial charge in [0.25, 0.3) is 0 Å². The van der Waals surface area contributed by atoms with Crippen LogP contribution in [0.3, 0.4) is 0 Å². The average Bonchev–Trinajstić information content (AvgIpc) is 2.64. The molecule has 0 saturated carbocycles. The van der Waals surface area contributed by atoms with Crippen LogP contribution in [0, 0.1) is 10.1 Å². The Kier molecular flexibility index (Phi) is 5.89. The van der Waals surface area contributed by atoms with Crippen LogP contribution >= 0.6 is 27.5 Å². The number of aromatic nitrogens is 2. The van der Waals surface area contributed by atoms with E-state index in [9.17, 15) is 23.3 Å². The van der Waals surface area contributed by atoms with Crippen LogP contribution < -0.4 is 10.6 Å². The Bertz CT molecular complexity index is 1080. The molecule has 0 bridgehead atoms. The van der Waals surface area contributed by atoms with E-state index in [-0.39, 0.29) is 17.3 Å². The zero-order chi connectivity index (χ0) is 21.2. The molecule has 0 aliphatic carbocycles. The normalized spacial score (nSPS) is 11.2. The molecule has 2 N–H and O–H groups in total. The zero-order valence-corrected chi connectivity index (χ0v) is 16.5. The molecular weight excluding hydrogens is 479 g/mol. The molecule has 0 radical (unpaired) electrons. The molecule has 1 heterocycles. The van der Waals surface area contributed by atoms with Gasteiger partial charge in [0.1, 0.15) is 6.33 Å². The lowest BCUT2D eigenvalue weighted by molar-refractivity contribution is -0.383. The SMILES string of the molecule is O=[N+]([O-])c1c(Nc2ccc(Cl)c(C(F)(F)F)c2)ncnc1Nc1ccccc1Br. The Hall–Kier alpha value is -2.92.